The van der Waals surface area contributed by atoms with Crippen molar-refractivity contribution in [3.8, 4) is 0 Å². The average molecular weight is 263 g/mol. The smallest absolute Gasteiger partial charge is 0.328 e. The Labute approximate surface area is 110 Å². The average Bonchev–Trinajstić information content (AvgIpc) is 2.90. The standard InChI is InChI=1S/C13H17N3O3/c1-13(2,3)19-8(17)5-16-12(14)9-6-4-7(6)11(18)10(9)15-16/h6-7H,4-5,14H2,1-3H3/t6-,7+/m0/s1. The molecule has 6 heteroatoms. The molecular weight excluding hydrogens is 246 g/mol. The summed E-state index contributed by atoms with van der Waals surface area (Å²) in [6.45, 7) is 5.35. The summed E-state index contributed by atoms with van der Waals surface area (Å²) in [5, 5.41) is 4.16. The summed E-state index contributed by atoms with van der Waals surface area (Å²) in [6, 6.07) is 0. The zero-order valence-electron chi connectivity index (χ0n) is 11.3. The van der Waals surface area contributed by atoms with Gasteiger partial charge in [0.25, 0.3) is 0 Å². The van der Waals surface area contributed by atoms with Crippen LogP contribution in [-0.2, 0) is 16.1 Å². The second-order valence-electron chi connectivity index (χ2n) is 6.20. The Hall–Kier alpha value is -1.85. The van der Waals surface area contributed by atoms with E-state index < -0.39 is 11.6 Å². The Bertz CT molecular complexity index is 583. The fourth-order valence-corrected chi connectivity index (χ4v) is 2.63. The molecule has 0 amide bonds. The number of nitrogens with two attached hydrogens (primary N) is 1. The van der Waals surface area contributed by atoms with Crippen LogP contribution >= 0.6 is 0 Å². The van der Waals surface area contributed by atoms with Crippen LogP contribution in [0.3, 0.4) is 0 Å². The molecule has 1 aromatic rings. The van der Waals surface area contributed by atoms with E-state index >= 15 is 0 Å². The Balaban J connectivity index is 1.81. The minimum Gasteiger partial charge on any atom is -0.459 e. The van der Waals surface area contributed by atoms with Gasteiger partial charge in [0.2, 0.25) is 0 Å². The second kappa shape index (κ2) is 3.59. The van der Waals surface area contributed by atoms with Crippen LogP contribution in [0.4, 0.5) is 5.82 Å². The van der Waals surface area contributed by atoms with Crippen molar-refractivity contribution in [2.75, 3.05) is 5.73 Å². The molecule has 0 saturated heterocycles. The number of carbonyl (C=O) groups excluding carboxylic acids is 2. The van der Waals surface area contributed by atoms with E-state index in [9.17, 15) is 9.59 Å². The van der Waals surface area contributed by atoms with E-state index in [-0.39, 0.29) is 24.2 Å². The number of Topliss-reactive ketones (excluding diaryl/α,β-unsaturated/α-hetero) is 1. The number of anilines is 1. The molecule has 19 heavy (non-hydrogen) atoms. The van der Waals surface area contributed by atoms with Gasteiger partial charge in [-0.2, -0.15) is 5.10 Å². The highest BCUT2D eigenvalue weighted by molar-refractivity contribution is 6.05. The number of hydrogen-bond donors (Lipinski definition) is 1. The molecule has 0 aromatic carbocycles. The maximum absolute atomic E-state index is 11.9. The van der Waals surface area contributed by atoms with Gasteiger partial charge in [0.1, 0.15) is 23.7 Å². The lowest BCUT2D eigenvalue weighted by Crippen LogP contribution is -2.27. The molecule has 1 aromatic heterocycles. The quantitative estimate of drug-likeness (QED) is 0.807. The third kappa shape index (κ3) is 1.91. The van der Waals surface area contributed by atoms with Gasteiger partial charge in [-0.15, -0.1) is 0 Å². The van der Waals surface area contributed by atoms with E-state index in [4.69, 9.17) is 10.5 Å². The molecule has 102 valence electrons. The van der Waals surface area contributed by atoms with Gasteiger partial charge in [-0.05, 0) is 27.2 Å². The molecule has 1 heterocycles. The van der Waals surface area contributed by atoms with E-state index in [2.05, 4.69) is 5.10 Å². The number of esters is 1. The largest absolute Gasteiger partial charge is 0.459 e. The van der Waals surface area contributed by atoms with Gasteiger partial charge in [0, 0.05) is 17.4 Å². The van der Waals surface area contributed by atoms with Gasteiger partial charge in [-0.1, -0.05) is 0 Å². The van der Waals surface area contributed by atoms with E-state index in [1.807, 2.05) is 0 Å². The topological polar surface area (TPSA) is 87.2 Å². The van der Waals surface area contributed by atoms with E-state index in [0.717, 1.165) is 12.0 Å². The van der Waals surface area contributed by atoms with Crippen molar-refractivity contribution < 1.29 is 14.3 Å². The third-order valence-electron chi connectivity index (χ3n) is 3.46. The van der Waals surface area contributed by atoms with E-state index in [1.165, 1.54) is 4.68 Å². The first-order valence-corrected chi connectivity index (χ1v) is 6.40. The summed E-state index contributed by atoms with van der Waals surface area (Å²) < 4.78 is 6.60. The molecule has 1 fully saturated rings. The van der Waals surface area contributed by atoms with Crippen molar-refractivity contribution in [1.82, 2.24) is 9.78 Å². The molecular formula is C13H17N3O3. The molecule has 0 bridgehead atoms. The molecule has 0 aliphatic heterocycles. The van der Waals surface area contributed by atoms with Crippen LogP contribution in [0.1, 0.15) is 49.2 Å². The summed E-state index contributed by atoms with van der Waals surface area (Å²) in [5.41, 5.74) is 6.72. The van der Waals surface area contributed by atoms with Gasteiger partial charge >= 0.3 is 5.97 Å². The lowest BCUT2D eigenvalue weighted by Gasteiger charge is -2.19. The predicted molar refractivity (Wildman–Crippen MR) is 67.7 cm³/mol. The van der Waals surface area contributed by atoms with Crippen molar-refractivity contribution in [2.24, 2.45) is 5.92 Å². The van der Waals surface area contributed by atoms with Crippen LogP contribution in [0.25, 0.3) is 0 Å². The number of ether oxygens (including phenoxy) is 1. The molecule has 2 atom stereocenters. The summed E-state index contributed by atoms with van der Waals surface area (Å²) in [7, 11) is 0. The number of carbonyl (C=O) groups is 2. The fourth-order valence-electron chi connectivity index (χ4n) is 2.63. The molecule has 2 aliphatic carbocycles. The summed E-state index contributed by atoms with van der Waals surface area (Å²) in [6.07, 6.45) is 0.869. The minimum absolute atomic E-state index is 0.0548. The number of fused-ring (bicyclic) bond motifs is 3. The Morgan fingerprint density at radius 2 is 2.16 bits per heavy atom. The minimum atomic E-state index is -0.543. The number of nitrogens with zero attached hydrogens (tertiary/aromatic N) is 2. The van der Waals surface area contributed by atoms with E-state index in [1.54, 1.807) is 20.8 Å². The molecule has 1 saturated carbocycles. The van der Waals surface area contributed by atoms with Crippen molar-refractivity contribution in [1.29, 1.82) is 0 Å². The first kappa shape index (κ1) is 12.2. The highest BCUT2D eigenvalue weighted by Crippen LogP contribution is 2.57. The number of nitrogen functional groups attached to an aromatic ring is 1. The first-order chi connectivity index (χ1) is 8.78. The first-order valence-electron chi connectivity index (χ1n) is 6.40. The lowest BCUT2D eigenvalue weighted by molar-refractivity contribution is -0.155. The van der Waals surface area contributed by atoms with Crippen LogP contribution in [0, 0.1) is 5.92 Å². The molecule has 6 nitrogen and oxygen atoms in total. The Morgan fingerprint density at radius 1 is 1.47 bits per heavy atom. The maximum atomic E-state index is 11.9. The Kier molecular flexibility index (Phi) is 2.30. The van der Waals surface area contributed by atoms with Crippen molar-refractivity contribution in [2.45, 2.75) is 45.3 Å². The van der Waals surface area contributed by atoms with Crippen LogP contribution in [0.2, 0.25) is 0 Å². The summed E-state index contributed by atoms with van der Waals surface area (Å²) in [4.78, 5) is 23.6. The van der Waals surface area contributed by atoms with Gasteiger partial charge < -0.3 is 10.5 Å². The number of aromatic nitrogens is 2. The van der Waals surface area contributed by atoms with Gasteiger partial charge in [0.05, 0.1) is 0 Å². The molecule has 2 N–H and O–H groups in total. The predicted octanol–water partition coefficient (Wildman–Crippen LogP) is 1.11. The number of rotatable bonds is 2. The maximum Gasteiger partial charge on any atom is 0.328 e. The summed E-state index contributed by atoms with van der Waals surface area (Å²) in [5.74, 6) is 0.417. The molecule has 0 unspecified atom stereocenters. The molecule has 0 radical (unpaired) electrons. The zero-order valence-corrected chi connectivity index (χ0v) is 11.3. The fraction of sp³-hybridized carbons (Fsp3) is 0.615. The van der Waals surface area contributed by atoms with Crippen LogP contribution in [-0.4, -0.2) is 27.1 Å². The van der Waals surface area contributed by atoms with Crippen molar-refractivity contribution >= 4 is 17.6 Å². The SMILES string of the molecule is CC(C)(C)OC(=O)Cn1nc2c(c1N)[C@H]1C[C@H]1C2=O. The normalized spacial score (nSPS) is 24.1. The zero-order chi connectivity index (χ0) is 13.9. The molecule has 2 aliphatic rings. The number of ketones is 1. The monoisotopic (exact) mass is 263 g/mol. The van der Waals surface area contributed by atoms with E-state index in [0.29, 0.717) is 11.5 Å². The molecule has 0 spiro atoms. The van der Waals surface area contributed by atoms with Crippen molar-refractivity contribution in [3.05, 3.63) is 11.3 Å². The Morgan fingerprint density at radius 3 is 2.74 bits per heavy atom. The van der Waals surface area contributed by atoms with Gasteiger partial charge in [-0.25, -0.2) is 4.68 Å². The summed E-state index contributed by atoms with van der Waals surface area (Å²) >= 11 is 0. The van der Waals surface area contributed by atoms with Crippen LogP contribution in [0.5, 0.6) is 0 Å². The third-order valence-corrected chi connectivity index (χ3v) is 3.46. The highest BCUT2D eigenvalue weighted by Gasteiger charge is 2.55. The lowest BCUT2D eigenvalue weighted by atomic mass is 10.2. The van der Waals surface area contributed by atoms with Crippen LogP contribution < -0.4 is 5.73 Å². The molecule has 3 rings (SSSR count). The van der Waals surface area contributed by atoms with Gasteiger partial charge in [-0.3, -0.25) is 9.59 Å². The van der Waals surface area contributed by atoms with Crippen LogP contribution in [0.15, 0.2) is 0 Å². The highest BCUT2D eigenvalue weighted by atomic mass is 16.6. The van der Waals surface area contributed by atoms with Crippen molar-refractivity contribution in [3.63, 3.8) is 0 Å². The van der Waals surface area contributed by atoms with Gasteiger partial charge in [0.15, 0.2) is 5.78 Å². The number of hydrogen-bond acceptors (Lipinski definition) is 5. The second-order valence-corrected chi connectivity index (χ2v) is 6.20.